The van der Waals surface area contributed by atoms with Gasteiger partial charge in [-0.1, -0.05) is 0 Å². The minimum Gasteiger partial charge on any atom is -0.481 e. The third-order valence-corrected chi connectivity index (χ3v) is 2.79. The van der Waals surface area contributed by atoms with E-state index in [1.807, 2.05) is 0 Å². The third-order valence-electron chi connectivity index (χ3n) is 2.79. The molecule has 1 rings (SSSR count). The molecule has 7 nitrogen and oxygen atoms in total. The number of aliphatic carboxylic acids is 2. The lowest BCUT2D eigenvalue weighted by Gasteiger charge is -2.24. The van der Waals surface area contributed by atoms with Crippen LogP contribution in [0.25, 0.3) is 0 Å². The van der Waals surface area contributed by atoms with Gasteiger partial charge in [-0.05, 0) is 6.42 Å². The van der Waals surface area contributed by atoms with E-state index in [1.54, 1.807) is 0 Å². The number of carbonyl (C=O) groups is 3. The first-order chi connectivity index (χ1) is 7.95. The second-order valence-corrected chi connectivity index (χ2v) is 4.09. The van der Waals surface area contributed by atoms with E-state index >= 15 is 0 Å². The number of likely N-dealkylation sites (tertiary alicyclic amines) is 1. The Kier molecular flexibility index (Phi) is 4.45. The van der Waals surface area contributed by atoms with Crippen LogP contribution < -0.4 is 0 Å². The predicted octanol–water partition coefficient (Wildman–Crippen LogP) is -0.855. The van der Waals surface area contributed by atoms with Gasteiger partial charge in [0.25, 0.3) is 0 Å². The summed E-state index contributed by atoms with van der Waals surface area (Å²) in [7, 11) is 0. The predicted molar refractivity (Wildman–Crippen MR) is 55.2 cm³/mol. The van der Waals surface area contributed by atoms with Gasteiger partial charge >= 0.3 is 11.9 Å². The Morgan fingerprint density at radius 2 is 2.06 bits per heavy atom. The van der Waals surface area contributed by atoms with Gasteiger partial charge < -0.3 is 20.2 Å². The molecule has 1 fully saturated rings. The molecule has 0 saturated carbocycles. The number of rotatable bonds is 6. The zero-order valence-corrected chi connectivity index (χ0v) is 9.20. The van der Waals surface area contributed by atoms with Crippen LogP contribution in [-0.2, 0) is 14.4 Å². The first-order valence-corrected chi connectivity index (χ1v) is 5.30. The summed E-state index contributed by atoms with van der Waals surface area (Å²) in [5.41, 5.74) is 0. The van der Waals surface area contributed by atoms with Gasteiger partial charge in [0.1, 0.15) is 6.04 Å². The van der Waals surface area contributed by atoms with E-state index in [4.69, 9.17) is 15.3 Å². The second-order valence-electron chi connectivity index (χ2n) is 4.09. The summed E-state index contributed by atoms with van der Waals surface area (Å²) >= 11 is 0. The highest BCUT2D eigenvalue weighted by atomic mass is 16.4. The van der Waals surface area contributed by atoms with Gasteiger partial charge in [0.2, 0.25) is 5.91 Å². The minimum atomic E-state index is -1.21. The molecule has 0 spiro atoms. The topological polar surface area (TPSA) is 115 Å². The molecule has 2 atom stereocenters. The van der Waals surface area contributed by atoms with E-state index in [0.29, 0.717) is 0 Å². The zero-order chi connectivity index (χ0) is 13.0. The van der Waals surface area contributed by atoms with Crippen LogP contribution in [0.3, 0.4) is 0 Å². The van der Waals surface area contributed by atoms with E-state index in [-0.39, 0.29) is 44.2 Å². The fourth-order valence-electron chi connectivity index (χ4n) is 1.90. The number of carboxylic acid groups (broad SMARTS) is 2. The molecule has 0 aromatic rings. The van der Waals surface area contributed by atoms with Crippen molar-refractivity contribution in [2.75, 3.05) is 13.2 Å². The van der Waals surface area contributed by atoms with Crippen molar-refractivity contribution < 1.29 is 29.7 Å². The lowest BCUT2D eigenvalue weighted by molar-refractivity contribution is -0.149. The molecule has 3 N–H and O–H groups in total. The summed E-state index contributed by atoms with van der Waals surface area (Å²) in [5, 5.41) is 26.4. The highest BCUT2D eigenvalue weighted by molar-refractivity contribution is 5.85. The molecule has 0 radical (unpaired) electrons. The van der Waals surface area contributed by atoms with E-state index in [2.05, 4.69) is 0 Å². The molecule has 0 aromatic heterocycles. The average molecular weight is 245 g/mol. The molecular formula is C10H15NO6. The fourth-order valence-corrected chi connectivity index (χ4v) is 1.90. The lowest BCUT2D eigenvalue weighted by atomic mass is 10.1. The van der Waals surface area contributed by atoms with Crippen LogP contribution in [0.2, 0.25) is 0 Å². The number of hydrogen-bond donors (Lipinski definition) is 3. The normalized spacial score (nSPS) is 21.6. The van der Waals surface area contributed by atoms with Crippen molar-refractivity contribution in [3.8, 4) is 0 Å². The Morgan fingerprint density at radius 3 is 2.47 bits per heavy atom. The smallest absolute Gasteiger partial charge is 0.326 e. The summed E-state index contributed by atoms with van der Waals surface area (Å²) in [5.74, 6) is -2.91. The molecule has 1 unspecified atom stereocenters. The lowest BCUT2D eigenvalue weighted by Crippen LogP contribution is -2.42. The largest absolute Gasteiger partial charge is 0.481 e. The number of carbonyl (C=O) groups excluding carboxylic acids is 1. The summed E-state index contributed by atoms with van der Waals surface area (Å²) < 4.78 is 0. The molecule has 0 bridgehead atoms. The van der Waals surface area contributed by atoms with E-state index < -0.39 is 18.0 Å². The quantitative estimate of drug-likeness (QED) is 0.561. The van der Waals surface area contributed by atoms with Crippen molar-refractivity contribution in [1.29, 1.82) is 0 Å². The number of nitrogens with zero attached hydrogens (tertiary/aromatic N) is 1. The van der Waals surface area contributed by atoms with E-state index in [0.717, 1.165) is 4.90 Å². The van der Waals surface area contributed by atoms with Gasteiger partial charge in [-0.2, -0.15) is 0 Å². The number of aliphatic hydroxyl groups is 1. The maximum Gasteiger partial charge on any atom is 0.326 e. The molecule has 1 aliphatic heterocycles. The summed E-state index contributed by atoms with van der Waals surface area (Å²) in [6.45, 7) is -0.000567. The molecular weight excluding hydrogens is 230 g/mol. The Labute approximate surface area is 97.6 Å². The molecule has 1 saturated heterocycles. The molecule has 96 valence electrons. The van der Waals surface area contributed by atoms with Crippen LogP contribution in [0.5, 0.6) is 0 Å². The number of carboxylic acids is 2. The standard InChI is InChI=1S/C10H15NO6/c12-5-6-3-8(13)11(4-6)7(10(16)17)1-2-9(14)15/h6-7,12H,1-5H2,(H,14,15)(H,16,17)/t6?,7-/m0/s1. The highest BCUT2D eigenvalue weighted by Crippen LogP contribution is 2.22. The fraction of sp³-hybridized carbons (Fsp3) is 0.700. The number of aliphatic hydroxyl groups excluding tert-OH is 1. The highest BCUT2D eigenvalue weighted by Gasteiger charge is 2.37. The van der Waals surface area contributed by atoms with Gasteiger partial charge in [-0.15, -0.1) is 0 Å². The SMILES string of the molecule is O=C(O)CC[C@@H](C(=O)O)N1CC(CO)CC1=O. The van der Waals surface area contributed by atoms with Crippen LogP contribution in [0.4, 0.5) is 0 Å². The summed E-state index contributed by atoms with van der Waals surface area (Å²) in [6.07, 6.45) is -0.299. The monoisotopic (exact) mass is 245 g/mol. The maximum atomic E-state index is 11.5. The number of amides is 1. The van der Waals surface area contributed by atoms with Crippen molar-refractivity contribution >= 4 is 17.8 Å². The second kappa shape index (κ2) is 5.62. The molecule has 7 heteroatoms. The van der Waals surface area contributed by atoms with Crippen molar-refractivity contribution in [1.82, 2.24) is 4.90 Å². The van der Waals surface area contributed by atoms with E-state index in [9.17, 15) is 14.4 Å². The van der Waals surface area contributed by atoms with Crippen molar-refractivity contribution in [2.45, 2.75) is 25.3 Å². The summed E-state index contributed by atoms with van der Waals surface area (Å²) in [6, 6.07) is -1.12. The van der Waals surface area contributed by atoms with Crippen LogP contribution >= 0.6 is 0 Å². The number of hydrogen-bond acceptors (Lipinski definition) is 4. The first-order valence-electron chi connectivity index (χ1n) is 5.30. The molecule has 0 aromatic carbocycles. The Morgan fingerprint density at radius 1 is 1.41 bits per heavy atom. The zero-order valence-electron chi connectivity index (χ0n) is 9.20. The molecule has 0 aliphatic carbocycles. The van der Waals surface area contributed by atoms with Gasteiger partial charge in [-0.25, -0.2) is 4.79 Å². The minimum absolute atomic E-state index is 0.117. The molecule has 1 aliphatic rings. The van der Waals surface area contributed by atoms with Gasteiger partial charge in [0.15, 0.2) is 0 Å². The maximum absolute atomic E-state index is 11.5. The van der Waals surface area contributed by atoms with Crippen LogP contribution in [0, 0.1) is 5.92 Å². The van der Waals surface area contributed by atoms with Crippen molar-refractivity contribution in [2.24, 2.45) is 5.92 Å². The Hall–Kier alpha value is -1.63. The van der Waals surface area contributed by atoms with E-state index in [1.165, 1.54) is 0 Å². The first kappa shape index (κ1) is 13.4. The van der Waals surface area contributed by atoms with Crippen LogP contribution in [-0.4, -0.2) is 57.3 Å². The Balaban J connectivity index is 2.67. The van der Waals surface area contributed by atoms with Crippen LogP contribution in [0.15, 0.2) is 0 Å². The molecule has 1 amide bonds. The van der Waals surface area contributed by atoms with Crippen molar-refractivity contribution in [3.05, 3.63) is 0 Å². The van der Waals surface area contributed by atoms with Crippen molar-refractivity contribution in [3.63, 3.8) is 0 Å². The molecule has 17 heavy (non-hydrogen) atoms. The third kappa shape index (κ3) is 3.42. The van der Waals surface area contributed by atoms with Gasteiger partial charge in [-0.3, -0.25) is 9.59 Å². The Bertz CT molecular complexity index is 329. The average Bonchev–Trinajstić information content (AvgIpc) is 2.59. The van der Waals surface area contributed by atoms with Gasteiger partial charge in [0, 0.05) is 31.9 Å². The van der Waals surface area contributed by atoms with Gasteiger partial charge in [0.05, 0.1) is 0 Å². The summed E-state index contributed by atoms with van der Waals surface area (Å²) in [4.78, 5) is 34.1. The van der Waals surface area contributed by atoms with Crippen LogP contribution in [0.1, 0.15) is 19.3 Å². The molecule has 1 heterocycles.